The van der Waals surface area contributed by atoms with Crippen molar-refractivity contribution in [3.05, 3.63) is 31.1 Å². The summed E-state index contributed by atoms with van der Waals surface area (Å²) in [6.07, 6.45) is 3.35. The molecule has 2 aromatic rings. The summed E-state index contributed by atoms with van der Waals surface area (Å²) in [5.74, 6) is 1.54. The largest absolute Gasteiger partial charge is 0.461 e. The number of thioether (sulfide) groups is 1. The van der Waals surface area contributed by atoms with Gasteiger partial charge in [-0.25, -0.2) is 0 Å². The zero-order valence-corrected chi connectivity index (χ0v) is 12.9. The SMILES string of the molecule is C=CCn1c(SCC(=O)NC(C)C)nnc1-c1ccco1. The molecule has 0 bridgehead atoms. The van der Waals surface area contributed by atoms with Crippen LogP contribution in [0.4, 0.5) is 0 Å². The Morgan fingerprint density at radius 1 is 1.57 bits per heavy atom. The zero-order valence-electron chi connectivity index (χ0n) is 12.1. The van der Waals surface area contributed by atoms with Gasteiger partial charge in [0.25, 0.3) is 0 Å². The topological polar surface area (TPSA) is 73.0 Å². The van der Waals surface area contributed by atoms with Crippen LogP contribution in [-0.4, -0.2) is 32.5 Å². The fourth-order valence-corrected chi connectivity index (χ4v) is 2.53. The van der Waals surface area contributed by atoms with E-state index in [0.29, 0.717) is 29.0 Å². The van der Waals surface area contributed by atoms with Crippen LogP contribution in [0, 0.1) is 0 Å². The van der Waals surface area contributed by atoms with Gasteiger partial charge < -0.3 is 9.73 Å². The van der Waals surface area contributed by atoms with E-state index in [1.54, 1.807) is 18.4 Å². The molecule has 2 rings (SSSR count). The molecule has 0 aromatic carbocycles. The minimum absolute atomic E-state index is 0.0253. The van der Waals surface area contributed by atoms with E-state index < -0.39 is 0 Å². The van der Waals surface area contributed by atoms with E-state index in [1.165, 1.54) is 11.8 Å². The van der Waals surface area contributed by atoms with Crippen LogP contribution < -0.4 is 5.32 Å². The molecule has 1 N–H and O–H groups in total. The number of aromatic nitrogens is 3. The van der Waals surface area contributed by atoms with Gasteiger partial charge in [-0.3, -0.25) is 9.36 Å². The smallest absolute Gasteiger partial charge is 0.230 e. The highest BCUT2D eigenvalue weighted by Crippen LogP contribution is 2.24. The summed E-state index contributed by atoms with van der Waals surface area (Å²) in [6, 6.07) is 3.75. The first-order valence-corrected chi connectivity index (χ1v) is 7.60. The summed E-state index contributed by atoms with van der Waals surface area (Å²) in [5.41, 5.74) is 0. The number of hydrogen-bond donors (Lipinski definition) is 1. The predicted molar refractivity (Wildman–Crippen MR) is 81.9 cm³/mol. The average molecular weight is 306 g/mol. The number of hydrogen-bond acceptors (Lipinski definition) is 5. The van der Waals surface area contributed by atoms with Crippen molar-refractivity contribution < 1.29 is 9.21 Å². The lowest BCUT2D eigenvalue weighted by molar-refractivity contribution is -0.119. The van der Waals surface area contributed by atoms with Gasteiger partial charge in [0.15, 0.2) is 10.9 Å². The van der Waals surface area contributed by atoms with E-state index in [1.807, 2.05) is 24.5 Å². The van der Waals surface area contributed by atoms with E-state index in [2.05, 4.69) is 22.1 Å². The summed E-state index contributed by atoms with van der Waals surface area (Å²) in [7, 11) is 0. The molecular formula is C14H18N4O2S. The Morgan fingerprint density at radius 3 is 3.00 bits per heavy atom. The number of rotatable bonds is 7. The maximum atomic E-state index is 11.7. The minimum atomic E-state index is -0.0253. The third-order valence-corrected chi connectivity index (χ3v) is 3.52. The molecule has 2 heterocycles. The normalized spacial score (nSPS) is 10.8. The molecule has 0 aliphatic heterocycles. The van der Waals surface area contributed by atoms with E-state index in [9.17, 15) is 4.79 Å². The van der Waals surface area contributed by atoms with E-state index in [-0.39, 0.29) is 11.9 Å². The van der Waals surface area contributed by atoms with Gasteiger partial charge in [0.2, 0.25) is 11.7 Å². The molecule has 0 atom stereocenters. The Labute approximate surface area is 127 Å². The summed E-state index contributed by atoms with van der Waals surface area (Å²) in [4.78, 5) is 11.7. The molecule has 0 aliphatic rings. The minimum Gasteiger partial charge on any atom is -0.461 e. The van der Waals surface area contributed by atoms with Gasteiger partial charge in [0, 0.05) is 12.6 Å². The van der Waals surface area contributed by atoms with Crippen molar-refractivity contribution in [2.45, 2.75) is 31.6 Å². The predicted octanol–water partition coefficient (Wildman–Crippen LogP) is 2.34. The quantitative estimate of drug-likeness (QED) is 0.628. The van der Waals surface area contributed by atoms with E-state index >= 15 is 0 Å². The maximum Gasteiger partial charge on any atom is 0.230 e. The van der Waals surface area contributed by atoms with Crippen LogP contribution in [0.5, 0.6) is 0 Å². The van der Waals surface area contributed by atoms with Crippen LogP contribution in [0.3, 0.4) is 0 Å². The monoisotopic (exact) mass is 306 g/mol. The highest BCUT2D eigenvalue weighted by atomic mass is 32.2. The van der Waals surface area contributed by atoms with Crippen LogP contribution in [0.1, 0.15) is 13.8 Å². The number of carbonyl (C=O) groups excluding carboxylic acids is 1. The average Bonchev–Trinajstić information content (AvgIpc) is 3.05. The molecule has 0 aliphatic carbocycles. The van der Waals surface area contributed by atoms with Gasteiger partial charge in [-0.05, 0) is 26.0 Å². The molecule has 0 saturated carbocycles. The Hall–Kier alpha value is -2.02. The van der Waals surface area contributed by atoms with Crippen LogP contribution in [0.25, 0.3) is 11.6 Å². The highest BCUT2D eigenvalue weighted by Gasteiger charge is 2.16. The van der Waals surface area contributed by atoms with Gasteiger partial charge in [0.05, 0.1) is 12.0 Å². The molecule has 0 radical (unpaired) electrons. The molecule has 6 nitrogen and oxygen atoms in total. The first kappa shape index (κ1) is 15.4. The highest BCUT2D eigenvalue weighted by molar-refractivity contribution is 7.99. The molecule has 0 spiro atoms. The first-order valence-electron chi connectivity index (χ1n) is 6.62. The van der Waals surface area contributed by atoms with Crippen LogP contribution >= 0.6 is 11.8 Å². The van der Waals surface area contributed by atoms with Crippen molar-refractivity contribution in [3.63, 3.8) is 0 Å². The van der Waals surface area contributed by atoms with E-state index in [4.69, 9.17) is 4.42 Å². The second-order valence-electron chi connectivity index (χ2n) is 4.69. The van der Waals surface area contributed by atoms with Crippen molar-refractivity contribution in [3.8, 4) is 11.6 Å². The standard InChI is InChI=1S/C14H18N4O2S/c1-4-7-18-13(11-6-5-8-20-11)16-17-14(18)21-9-12(19)15-10(2)3/h4-6,8,10H,1,7,9H2,2-3H3,(H,15,19). The lowest BCUT2D eigenvalue weighted by Crippen LogP contribution is -2.31. The number of allylic oxidation sites excluding steroid dienone is 1. The van der Waals surface area contributed by atoms with Gasteiger partial charge in [0.1, 0.15) is 0 Å². The van der Waals surface area contributed by atoms with Crippen LogP contribution in [0.15, 0.2) is 40.6 Å². The van der Waals surface area contributed by atoms with Crippen LogP contribution in [0.2, 0.25) is 0 Å². The molecular weight excluding hydrogens is 288 g/mol. The fourth-order valence-electron chi connectivity index (χ4n) is 1.77. The molecule has 21 heavy (non-hydrogen) atoms. The molecule has 112 valence electrons. The number of nitrogens with zero attached hydrogens (tertiary/aromatic N) is 3. The van der Waals surface area contributed by atoms with Gasteiger partial charge in [-0.1, -0.05) is 17.8 Å². The number of nitrogens with one attached hydrogen (secondary N) is 1. The third kappa shape index (κ3) is 3.98. The van der Waals surface area contributed by atoms with Crippen LogP contribution in [-0.2, 0) is 11.3 Å². The summed E-state index contributed by atoms with van der Waals surface area (Å²) < 4.78 is 7.23. The molecule has 0 fully saturated rings. The molecule has 1 amide bonds. The molecule has 2 aromatic heterocycles. The zero-order chi connectivity index (χ0) is 15.2. The number of carbonyl (C=O) groups is 1. The lowest BCUT2D eigenvalue weighted by atomic mass is 10.4. The number of furan rings is 1. The molecule has 0 saturated heterocycles. The fraction of sp³-hybridized carbons (Fsp3) is 0.357. The van der Waals surface area contributed by atoms with Gasteiger partial charge in [-0.2, -0.15) is 0 Å². The number of amides is 1. The molecule has 7 heteroatoms. The maximum absolute atomic E-state index is 11.7. The lowest BCUT2D eigenvalue weighted by Gasteiger charge is -2.08. The van der Waals surface area contributed by atoms with Crippen molar-refractivity contribution >= 4 is 17.7 Å². The Bertz CT molecular complexity index is 605. The van der Waals surface area contributed by atoms with Crippen molar-refractivity contribution in [1.29, 1.82) is 0 Å². The molecule has 0 unspecified atom stereocenters. The van der Waals surface area contributed by atoms with Crippen molar-refractivity contribution in [2.75, 3.05) is 5.75 Å². The Balaban J connectivity index is 2.13. The second-order valence-corrected chi connectivity index (χ2v) is 5.64. The second kappa shape index (κ2) is 7.12. The van der Waals surface area contributed by atoms with E-state index in [0.717, 1.165) is 0 Å². The van der Waals surface area contributed by atoms with Crippen molar-refractivity contribution in [2.24, 2.45) is 0 Å². The Morgan fingerprint density at radius 2 is 2.38 bits per heavy atom. The van der Waals surface area contributed by atoms with Gasteiger partial charge in [-0.15, -0.1) is 16.8 Å². The first-order chi connectivity index (χ1) is 10.1. The Kier molecular flexibility index (Phi) is 5.21. The third-order valence-electron chi connectivity index (χ3n) is 2.55. The summed E-state index contributed by atoms with van der Waals surface area (Å²) in [6.45, 7) is 8.15. The van der Waals surface area contributed by atoms with Crippen molar-refractivity contribution in [1.82, 2.24) is 20.1 Å². The van der Waals surface area contributed by atoms with Gasteiger partial charge >= 0.3 is 0 Å². The summed E-state index contributed by atoms with van der Waals surface area (Å²) in [5, 5.41) is 11.8. The summed E-state index contributed by atoms with van der Waals surface area (Å²) >= 11 is 1.34.